The number of benzene rings is 1. The smallest absolute Gasteiger partial charge is 0.120 e. The lowest BCUT2D eigenvalue weighted by Gasteiger charge is -2.13. The van der Waals surface area contributed by atoms with E-state index in [4.69, 9.17) is 10.5 Å². The monoisotopic (exact) mass is 305 g/mol. The SMILES string of the molecule is Cc1cc(OCC2(N)CC2)cc(C)c1Br.Cl. The van der Waals surface area contributed by atoms with Crippen molar-refractivity contribution in [1.82, 2.24) is 0 Å². The van der Waals surface area contributed by atoms with Crippen LogP contribution in [0.1, 0.15) is 24.0 Å². The van der Waals surface area contributed by atoms with Gasteiger partial charge in [-0.3, -0.25) is 0 Å². The first-order valence-corrected chi connectivity index (χ1v) is 5.98. The molecule has 0 spiro atoms. The first kappa shape index (κ1) is 13.8. The standard InChI is InChI=1S/C12H16BrNO.ClH/c1-8-5-10(6-9(2)11(8)13)15-7-12(14)3-4-12;/h5-6H,3-4,7,14H2,1-2H3;1H. The molecular weight excluding hydrogens is 289 g/mol. The van der Waals surface area contributed by atoms with Crippen molar-refractivity contribution in [2.75, 3.05) is 6.61 Å². The minimum atomic E-state index is -0.0467. The molecule has 0 saturated heterocycles. The lowest BCUT2D eigenvalue weighted by molar-refractivity contribution is 0.279. The summed E-state index contributed by atoms with van der Waals surface area (Å²) in [6.45, 7) is 4.77. The van der Waals surface area contributed by atoms with Gasteiger partial charge in [0.15, 0.2) is 0 Å². The van der Waals surface area contributed by atoms with Crippen molar-refractivity contribution in [1.29, 1.82) is 0 Å². The summed E-state index contributed by atoms with van der Waals surface area (Å²) in [6.07, 6.45) is 2.17. The van der Waals surface area contributed by atoms with Crippen LogP contribution in [0.2, 0.25) is 0 Å². The minimum Gasteiger partial charge on any atom is -0.492 e. The van der Waals surface area contributed by atoms with Crippen LogP contribution in [0.25, 0.3) is 0 Å². The first-order valence-electron chi connectivity index (χ1n) is 5.19. The molecule has 4 heteroatoms. The fraction of sp³-hybridized carbons (Fsp3) is 0.500. The maximum atomic E-state index is 5.97. The van der Waals surface area contributed by atoms with E-state index in [-0.39, 0.29) is 17.9 Å². The summed E-state index contributed by atoms with van der Waals surface area (Å²) in [4.78, 5) is 0. The number of rotatable bonds is 3. The quantitative estimate of drug-likeness (QED) is 0.929. The molecule has 1 aromatic carbocycles. The summed E-state index contributed by atoms with van der Waals surface area (Å²) in [7, 11) is 0. The van der Waals surface area contributed by atoms with Crippen LogP contribution in [-0.2, 0) is 0 Å². The fourth-order valence-corrected chi connectivity index (χ4v) is 1.75. The van der Waals surface area contributed by atoms with Gasteiger partial charge in [-0.15, -0.1) is 12.4 Å². The Labute approximate surface area is 111 Å². The van der Waals surface area contributed by atoms with Crippen LogP contribution in [0.5, 0.6) is 5.75 Å². The molecule has 1 aliphatic rings. The molecule has 0 atom stereocenters. The third kappa shape index (κ3) is 3.12. The Morgan fingerprint density at radius 2 is 1.81 bits per heavy atom. The van der Waals surface area contributed by atoms with Gasteiger partial charge in [-0.2, -0.15) is 0 Å². The number of nitrogens with two attached hydrogens (primary N) is 1. The summed E-state index contributed by atoms with van der Waals surface area (Å²) in [5.41, 5.74) is 8.32. The number of halogens is 2. The molecular formula is C12H17BrClNO. The highest BCUT2D eigenvalue weighted by Gasteiger charge is 2.39. The van der Waals surface area contributed by atoms with Crippen molar-refractivity contribution in [3.8, 4) is 5.75 Å². The van der Waals surface area contributed by atoms with Gasteiger partial charge in [0, 0.05) is 4.47 Å². The molecule has 0 aliphatic heterocycles. The second kappa shape index (κ2) is 4.94. The van der Waals surface area contributed by atoms with Gasteiger partial charge >= 0.3 is 0 Å². The number of ether oxygens (including phenoxy) is 1. The lowest BCUT2D eigenvalue weighted by atomic mass is 10.1. The van der Waals surface area contributed by atoms with Gasteiger partial charge in [-0.25, -0.2) is 0 Å². The molecule has 0 amide bonds. The average Bonchev–Trinajstić information content (AvgIpc) is 2.90. The zero-order valence-corrected chi connectivity index (χ0v) is 12.0. The Morgan fingerprint density at radius 3 is 2.25 bits per heavy atom. The Morgan fingerprint density at radius 1 is 1.31 bits per heavy atom. The second-order valence-corrected chi connectivity index (χ2v) is 5.32. The van der Waals surface area contributed by atoms with E-state index in [0.717, 1.165) is 23.1 Å². The number of aryl methyl sites for hydroxylation is 2. The van der Waals surface area contributed by atoms with Crippen LogP contribution in [-0.4, -0.2) is 12.1 Å². The zero-order valence-electron chi connectivity index (χ0n) is 9.55. The van der Waals surface area contributed by atoms with E-state index in [9.17, 15) is 0 Å². The Balaban J connectivity index is 0.00000128. The highest BCUT2D eigenvalue weighted by atomic mass is 79.9. The maximum Gasteiger partial charge on any atom is 0.120 e. The molecule has 90 valence electrons. The molecule has 0 radical (unpaired) electrons. The summed E-state index contributed by atoms with van der Waals surface area (Å²) < 4.78 is 6.86. The molecule has 1 fully saturated rings. The van der Waals surface area contributed by atoms with Gasteiger partial charge in [0.25, 0.3) is 0 Å². The molecule has 0 unspecified atom stereocenters. The molecule has 1 saturated carbocycles. The highest BCUT2D eigenvalue weighted by Crippen LogP contribution is 2.33. The van der Waals surface area contributed by atoms with Gasteiger partial charge in [0.2, 0.25) is 0 Å². The van der Waals surface area contributed by atoms with Gasteiger partial charge in [0.05, 0.1) is 5.54 Å². The van der Waals surface area contributed by atoms with Crippen molar-refractivity contribution in [3.63, 3.8) is 0 Å². The molecule has 2 N–H and O–H groups in total. The summed E-state index contributed by atoms with van der Waals surface area (Å²) in [5.74, 6) is 0.921. The predicted octanol–water partition coefficient (Wildman–Crippen LogP) is 3.36. The summed E-state index contributed by atoms with van der Waals surface area (Å²) in [6, 6.07) is 4.09. The third-order valence-corrected chi connectivity index (χ3v) is 4.08. The largest absolute Gasteiger partial charge is 0.492 e. The van der Waals surface area contributed by atoms with E-state index in [0.29, 0.717) is 6.61 Å². The van der Waals surface area contributed by atoms with E-state index >= 15 is 0 Å². The normalized spacial score (nSPS) is 16.5. The molecule has 2 rings (SSSR count). The molecule has 0 heterocycles. The zero-order chi connectivity index (χ0) is 11.1. The van der Waals surface area contributed by atoms with Gasteiger partial charge in [-0.1, -0.05) is 15.9 Å². The minimum absolute atomic E-state index is 0. The van der Waals surface area contributed by atoms with Crippen molar-refractivity contribution in [2.45, 2.75) is 32.2 Å². The van der Waals surface area contributed by atoms with E-state index < -0.39 is 0 Å². The Kier molecular flexibility index (Phi) is 4.27. The molecule has 1 aromatic rings. The molecule has 0 bridgehead atoms. The first-order chi connectivity index (χ1) is 7.00. The van der Waals surface area contributed by atoms with Crippen molar-refractivity contribution < 1.29 is 4.74 Å². The number of hydrogen-bond acceptors (Lipinski definition) is 2. The van der Waals surface area contributed by atoms with Crippen LogP contribution in [0.3, 0.4) is 0 Å². The van der Waals surface area contributed by atoms with Crippen LogP contribution in [0.4, 0.5) is 0 Å². The summed E-state index contributed by atoms with van der Waals surface area (Å²) >= 11 is 3.54. The second-order valence-electron chi connectivity index (χ2n) is 4.52. The van der Waals surface area contributed by atoms with Crippen molar-refractivity contribution in [3.05, 3.63) is 27.7 Å². The molecule has 2 nitrogen and oxygen atoms in total. The predicted molar refractivity (Wildman–Crippen MR) is 72.5 cm³/mol. The van der Waals surface area contributed by atoms with Crippen LogP contribution in [0.15, 0.2) is 16.6 Å². The Bertz CT molecular complexity index is 368. The maximum absolute atomic E-state index is 5.97. The van der Waals surface area contributed by atoms with Crippen molar-refractivity contribution >= 4 is 28.3 Å². The molecule has 16 heavy (non-hydrogen) atoms. The van der Waals surface area contributed by atoms with Crippen LogP contribution < -0.4 is 10.5 Å². The molecule has 0 aromatic heterocycles. The Hall–Kier alpha value is -0.250. The topological polar surface area (TPSA) is 35.2 Å². The lowest BCUT2D eigenvalue weighted by Crippen LogP contribution is -2.29. The molecule has 1 aliphatic carbocycles. The van der Waals surface area contributed by atoms with Crippen molar-refractivity contribution in [2.24, 2.45) is 5.73 Å². The summed E-state index contributed by atoms with van der Waals surface area (Å²) in [5, 5.41) is 0. The van der Waals surface area contributed by atoms with E-state index in [1.807, 2.05) is 12.1 Å². The van der Waals surface area contributed by atoms with Gasteiger partial charge in [0.1, 0.15) is 12.4 Å². The van der Waals surface area contributed by atoms with Gasteiger partial charge in [-0.05, 0) is 49.9 Å². The van der Waals surface area contributed by atoms with Crippen LogP contribution in [0, 0.1) is 13.8 Å². The van der Waals surface area contributed by atoms with Gasteiger partial charge < -0.3 is 10.5 Å². The average molecular weight is 307 g/mol. The number of hydrogen-bond donors (Lipinski definition) is 1. The van der Waals surface area contributed by atoms with E-state index in [1.165, 1.54) is 11.1 Å². The highest BCUT2D eigenvalue weighted by molar-refractivity contribution is 9.10. The fourth-order valence-electron chi connectivity index (χ4n) is 1.52. The van der Waals surface area contributed by atoms with E-state index in [1.54, 1.807) is 0 Å². The van der Waals surface area contributed by atoms with E-state index in [2.05, 4.69) is 29.8 Å². The van der Waals surface area contributed by atoms with Crippen LogP contribution >= 0.6 is 28.3 Å². The third-order valence-electron chi connectivity index (χ3n) is 2.83.